The van der Waals surface area contributed by atoms with Crippen LogP contribution in [0.3, 0.4) is 0 Å². The lowest BCUT2D eigenvalue weighted by Crippen LogP contribution is -2.47. The first kappa shape index (κ1) is 16.0. The molecule has 1 heterocycles. The van der Waals surface area contributed by atoms with E-state index in [2.05, 4.69) is 51.8 Å². The van der Waals surface area contributed by atoms with Gasteiger partial charge < -0.3 is 10.2 Å². The number of hydrogen-bond acceptors (Lipinski definition) is 2. The molecule has 2 heteroatoms. The lowest BCUT2D eigenvalue weighted by atomic mass is 9.86. The average molecular weight is 254 g/mol. The van der Waals surface area contributed by atoms with E-state index in [-0.39, 0.29) is 5.54 Å². The van der Waals surface area contributed by atoms with Crippen molar-refractivity contribution in [3.05, 3.63) is 0 Å². The Hall–Kier alpha value is -0.0800. The van der Waals surface area contributed by atoms with Crippen molar-refractivity contribution in [2.24, 2.45) is 11.3 Å². The van der Waals surface area contributed by atoms with Crippen molar-refractivity contribution in [3.63, 3.8) is 0 Å². The van der Waals surface area contributed by atoms with Gasteiger partial charge in [-0.3, -0.25) is 0 Å². The van der Waals surface area contributed by atoms with Crippen LogP contribution in [0.15, 0.2) is 0 Å². The third kappa shape index (κ3) is 5.27. The summed E-state index contributed by atoms with van der Waals surface area (Å²) in [6.45, 7) is 18.9. The van der Waals surface area contributed by atoms with E-state index in [1.165, 1.54) is 38.9 Å². The van der Waals surface area contributed by atoms with Crippen molar-refractivity contribution in [2.75, 3.05) is 26.2 Å². The molecule has 0 amide bonds. The van der Waals surface area contributed by atoms with Crippen LogP contribution in [0, 0.1) is 11.3 Å². The Kier molecular flexibility index (Phi) is 5.67. The SMILES string of the molecule is CCC1CCN(CC(C)(CC)CNC(C)(C)C)C1. The van der Waals surface area contributed by atoms with E-state index in [9.17, 15) is 0 Å². The summed E-state index contributed by atoms with van der Waals surface area (Å²) in [7, 11) is 0. The largest absolute Gasteiger partial charge is 0.311 e. The van der Waals surface area contributed by atoms with Crippen LogP contribution in [0.1, 0.15) is 60.8 Å². The Bertz CT molecular complexity index is 244. The zero-order valence-corrected chi connectivity index (χ0v) is 13.5. The smallest absolute Gasteiger partial charge is 0.00967 e. The molecular weight excluding hydrogens is 220 g/mol. The maximum atomic E-state index is 3.69. The zero-order chi connectivity index (χ0) is 13.8. The minimum absolute atomic E-state index is 0.230. The summed E-state index contributed by atoms with van der Waals surface area (Å²) in [6, 6.07) is 0. The minimum Gasteiger partial charge on any atom is -0.311 e. The number of nitrogens with one attached hydrogen (secondary N) is 1. The highest BCUT2D eigenvalue weighted by molar-refractivity contribution is 4.86. The maximum Gasteiger partial charge on any atom is 0.00967 e. The summed E-state index contributed by atoms with van der Waals surface area (Å²) in [5.41, 5.74) is 0.642. The van der Waals surface area contributed by atoms with Crippen LogP contribution in [0.25, 0.3) is 0 Å². The normalized spacial score (nSPS) is 25.3. The van der Waals surface area contributed by atoms with Gasteiger partial charge in [0.2, 0.25) is 0 Å². The Morgan fingerprint density at radius 3 is 2.28 bits per heavy atom. The first-order valence-corrected chi connectivity index (χ1v) is 7.75. The lowest BCUT2D eigenvalue weighted by Gasteiger charge is -2.36. The van der Waals surface area contributed by atoms with Crippen LogP contribution in [-0.4, -0.2) is 36.6 Å². The van der Waals surface area contributed by atoms with E-state index in [1.54, 1.807) is 0 Å². The fourth-order valence-corrected chi connectivity index (χ4v) is 2.70. The van der Waals surface area contributed by atoms with Crippen LogP contribution < -0.4 is 5.32 Å². The number of likely N-dealkylation sites (tertiary alicyclic amines) is 1. The Balaban J connectivity index is 2.44. The summed E-state index contributed by atoms with van der Waals surface area (Å²) in [5.74, 6) is 0.946. The third-order valence-corrected chi connectivity index (χ3v) is 4.45. The summed E-state index contributed by atoms with van der Waals surface area (Å²) in [4.78, 5) is 2.68. The topological polar surface area (TPSA) is 15.3 Å². The van der Waals surface area contributed by atoms with Crippen molar-refractivity contribution in [1.82, 2.24) is 10.2 Å². The van der Waals surface area contributed by atoms with Gasteiger partial charge in [-0.1, -0.05) is 27.2 Å². The van der Waals surface area contributed by atoms with Crippen molar-refractivity contribution in [1.29, 1.82) is 0 Å². The third-order valence-electron chi connectivity index (χ3n) is 4.45. The summed E-state index contributed by atoms with van der Waals surface area (Å²) >= 11 is 0. The Labute approximate surface area is 115 Å². The van der Waals surface area contributed by atoms with Gasteiger partial charge >= 0.3 is 0 Å². The van der Waals surface area contributed by atoms with Crippen molar-refractivity contribution < 1.29 is 0 Å². The van der Waals surface area contributed by atoms with E-state index in [4.69, 9.17) is 0 Å². The van der Waals surface area contributed by atoms with Gasteiger partial charge in [0, 0.05) is 25.2 Å². The van der Waals surface area contributed by atoms with Gasteiger partial charge in [-0.2, -0.15) is 0 Å². The molecule has 2 nitrogen and oxygen atoms in total. The fraction of sp³-hybridized carbons (Fsp3) is 1.00. The lowest BCUT2D eigenvalue weighted by molar-refractivity contribution is 0.164. The van der Waals surface area contributed by atoms with Gasteiger partial charge in [0.05, 0.1) is 0 Å². The van der Waals surface area contributed by atoms with Crippen LogP contribution in [0.5, 0.6) is 0 Å². The van der Waals surface area contributed by atoms with E-state index in [0.717, 1.165) is 12.5 Å². The van der Waals surface area contributed by atoms with Crippen LogP contribution in [-0.2, 0) is 0 Å². The van der Waals surface area contributed by atoms with Crippen molar-refractivity contribution >= 4 is 0 Å². The summed E-state index contributed by atoms with van der Waals surface area (Å²) in [6.07, 6.45) is 4.01. The van der Waals surface area contributed by atoms with Gasteiger partial charge in [0.15, 0.2) is 0 Å². The van der Waals surface area contributed by atoms with Gasteiger partial charge in [-0.05, 0) is 51.5 Å². The molecular formula is C16H34N2. The van der Waals surface area contributed by atoms with E-state index in [0.29, 0.717) is 5.41 Å². The monoisotopic (exact) mass is 254 g/mol. The van der Waals surface area contributed by atoms with Gasteiger partial charge in [-0.25, -0.2) is 0 Å². The number of nitrogens with zero attached hydrogens (tertiary/aromatic N) is 1. The molecule has 0 radical (unpaired) electrons. The second-order valence-electron chi connectivity index (χ2n) is 7.57. The fourth-order valence-electron chi connectivity index (χ4n) is 2.70. The quantitative estimate of drug-likeness (QED) is 0.780. The second-order valence-corrected chi connectivity index (χ2v) is 7.57. The molecule has 0 aromatic heterocycles. The first-order chi connectivity index (χ1) is 8.28. The highest BCUT2D eigenvalue weighted by Crippen LogP contribution is 2.27. The van der Waals surface area contributed by atoms with Gasteiger partial charge in [0.25, 0.3) is 0 Å². The van der Waals surface area contributed by atoms with Crippen LogP contribution in [0.2, 0.25) is 0 Å². The molecule has 1 N–H and O–H groups in total. The molecule has 2 atom stereocenters. The highest BCUT2D eigenvalue weighted by atomic mass is 15.2. The number of rotatable bonds is 6. The Morgan fingerprint density at radius 1 is 1.17 bits per heavy atom. The standard InChI is InChI=1S/C16H34N2/c1-7-14-9-10-18(11-14)13-16(6,8-2)12-17-15(3,4)5/h14,17H,7-13H2,1-6H3. The molecule has 0 saturated carbocycles. The molecule has 0 bridgehead atoms. The molecule has 1 fully saturated rings. The predicted octanol–water partition coefficient (Wildman–Crippen LogP) is 3.52. The molecule has 0 aliphatic carbocycles. The van der Waals surface area contributed by atoms with Gasteiger partial charge in [-0.15, -0.1) is 0 Å². The molecule has 108 valence electrons. The summed E-state index contributed by atoms with van der Waals surface area (Å²) < 4.78 is 0. The second kappa shape index (κ2) is 6.38. The molecule has 1 saturated heterocycles. The average Bonchev–Trinajstić information content (AvgIpc) is 2.73. The van der Waals surface area contributed by atoms with Crippen LogP contribution >= 0.6 is 0 Å². The maximum absolute atomic E-state index is 3.69. The highest BCUT2D eigenvalue weighted by Gasteiger charge is 2.30. The molecule has 2 unspecified atom stereocenters. The van der Waals surface area contributed by atoms with Crippen molar-refractivity contribution in [2.45, 2.75) is 66.3 Å². The first-order valence-electron chi connectivity index (χ1n) is 7.75. The molecule has 1 aliphatic heterocycles. The molecule has 0 aromatic rings. The van der Waals surface area contributed by atoms with Gasteiger partial charge in [0.1, 0.15) is 0 Å². The summed E-state index contributed by atoms with van der Waals surface area (Å²) in [5, 5.41) is 3.69. The molecule has 0 aromatic carbocycles. The Morgan fingerprint density at radius 2 is 1.83 bits per heavy atom. The van der Waals surface area contributed by atoms with E-state index in [1.807, 2.05) is 0 Å². The molecule has 18 heavy (non-hydrogen) atoms. The van der Waals surface area contributed by atoms with Crippen LogP contribution in [0.4, 0.5) is 0 Å². The molecule has 1 rings (SSSR count). The zero-order valence-electron chi connectivity index (χ0n) is 13.5. The molecule has 0 spiro atoms. The van der Waals surface area contributed by atoms with E-state index < -0.39 is 0 Å². The van der Waals surface area contributed by atoms with E-state index >= 15 is 0 Å². The minimum atomic E-state index is 0.230. The predicted molar refractivity (Wildman–Crippen MR) is 81.0 cm³/mol. The molecule has 1 aliphatic rings. The number of hydrogen-bond donors (Lipinski definition) is 1. The van der Waals surface area contributed by atoms with Crippen molar-refractivity contribution in [3.8, 4) is 0 Å².